The Balaban J connectivity index is 2.00. The first kappa shape index (κ1) is 12.1. The number of benzene rings is 1. The van der Waals surface area contributed by atoms with Crippen LogP contribution < -0.4 is 5.32 Å². The zero-order valence-corrected chi connectivity index (χ0v) is 9.80. The number of hydrogen-bond donors (Lipinski definition) is 2. The molecule has 90 valence electrons. The van der Waals surface area contributed by atoms with Crippen LogP contribution in [0.5, 0.6) is 0 Å². The second-order valence-electron chi connectivity index (χ2n) is 3.85. The molecule has 2 aromatic rings. The highest BCUT2D eigenvalue weighted by Gasteiger charge is 1.97. The molecule has 2 rings (SSSR count). The van der Waals surface area contributed by atoms with Crippen LogP contribution in [-0.4, -0.2) is 10.1 Å². The first-order chi connectivity index (χ1) is 8.81. The van der Waals surface area contributed by atoms with Crippen molar-refractivity contribution >= 4 is 5.82 Å². The molecular formula is C14H13N3O. The SMILES string of the molecule is N#Cc1cccc(NCc2ccc(CO)cc2)n1. The summed E-state index contributed by atoms with van der Waals surface area (Å²) in [4.78, 5) is 4.13. The fourth-order valence-electron chi connectivity index (χ4n) is 1.55. The minimum Gasteiger partial charge on any atom is -0.392 e. The standard InChI is InChI=1S/C14H13N3O/c15-8-13-2-1-3-14(17-13)16-9-11-4-6-12(10-18)7-5-11/h1-7,18H,9-10H2,(H,16,17). The molecule has 1 aromatic heterocycles. The molecule has 4 nitrogen and oxygen atoms in total. The summed E-state index contributed by atoms with van der Waals surface area (Å²) in [6, 6.07) is 15.0. The van der Waals surface area contributed by atoms with Crippen molar-refractivity contribution in [2.24, 2.45) is 0 Å². The number of aromatic nitrogens is 1. The van der Waals surface area contributed by atoms with E-state index in [1.165, 1.54) is 0 Å². The molecule has 0 unspecified atom stereocenters. The molecule has 0 aliphatic heterocycles. The minimum atomic E-state index is 0.0550. The third kappa shape index (κ3) is 3.06. The van der Waals surface area contributed by atoms with E-state index in [1.54, 1.807) is 12.1 Å². The van der Waals surface area contributed by atoms with Gasteiger partial charge in [0.15, 0.2) is 0 Å². The summed E-state index contributed by atoms with van der Waals surface area (Å²) in [6.07, 6.45) is 0. The maximum Gasteiger partial charge on any atom is 0.142 e. The van der Waals surface area contributed by atoms with Gasteiger partial charge in [-0.2, -0.15) is 5.26 Å². The molecule has 0 fully saturated rings. The van der Waals surface area contributed by atoms with Gasteiger partial charge >= 0.3 is 0 Å². The normalized spacial score (nSPS) is 9.78. The molecule has 0 aliphatic rings. The largest absolute Gasteiger partial charge is 0.392 e. The lowest BCUT2D eigenvalue weighted by Crippen LogP contribution is -2.02. The molecule has 1 heterocycles. The topological polar surface area (TPSA) is 68.9 Å². The van der Waals surface area contributed by atoms with Crippen molar-refractivity contribution in [1.29, 1.82) is 5.26 Å². The van der Waals surface area contributed by atoms with Crippen LogP contribution in [-0.2, 0) is 13.2 Å². The van der Waals surface area contributed by atoms with Crippen LogP contribution in [0.4, 0.5) is 5.82 Å². The number of aliphatic hydroxyl groups excluding tert-OH is 1. The van der Waals surface area contributed by atoms with Crippen LogP contribution in [0.15, 0.2) is 42.5 Å². The zero-order valence-electron chi connectivity index (χ0n) is 9.80. The average molecular weight is 239 g/mol. The molecule has 18 heavy (non-hydrogen) atoms. The molecule has 0 saturated heterocycles. The smallest absolute Gasteiger partial charge is 0.142 e. The van der Waals surface area contributed by atoms with Gasteiger partial charge in [-0.05, 0) is 23.3 Å². The molecule has 2 N–H and O–H groups in total. The van der Waals surface area contributed by atoms with Crippen molar-refractivity contribution in [3.05, 3.63) is 59.3 Å². The van der Waals surface area contributed by atoms with E-state index in [9.17, 15) is 0 Å². The van der Waals surface area contributed by atoms with Gasteiger partial charge < -0.3 is 10.4 Å². The number of anilines is 1. The molecule has 0 atom stereocenters. The Bertz CT molecular complexity index is 558. The Morgan fingerprint density at radius 3 is 2.50 bits per heavy atom. The highest BCUT2D eigenvalue weighted by atomic mass is 16.3. The lowest BCUT2D eigenvalue weighted by atomic mass is 10.1. The van der Waals surface area contributed by atoms with Gasteiger partial charge in [0.05, 0.1) is 6.61 Å². The summed E-state index contributed by atoms with van der Waals surface area (Å²) in [5, 5.41) is 20.8. The number of nitriles is 1. The lowest BCUT2D eigenvalue weighted by molar-refractivity contribution is 0.282. The van der Waals surface area contributed by atoms with E-state index in [-0.39, 0.29) is 6.61 Å². The molecule has 0 radical (unpaired) electrons. The fraction of sp³-hybridized carbons (Fsp3) is 0.143. The Labute approximate surface area is 106 Å². The first-order valence-corrected chi connectivity index (χ1v) is 5.61. The van der Waals surface area contributed by atoms with Gasteiger partial charge in [0, 0.05) is 6.54 Å². The van der Waals surface area contributed by atoms with Crippen molar-refractivity contribution in [2.45, 2.75) is 13.2 Å². The van der Waals surface area contributed by atoms with Crippen LogP contribution in [0.3, 0.4) is 0 Å². The number of aliphatic hydroxyl groups is 1. The van der Waals surface area contributed by atoms with Crippen LogP contribution in [0.25, 0.3) is 0 Å². The van der Waals surface area contributed by atoms with Crippen LogP contribution in [0.1, 0.15) is 16.8 Å². The Kier molecular flexibility index (Phi) is 3.90. The molecule has 0 amide bonds. The van der Waals surface area contributed by atoms with Gasteiger partial charge in [0.1, 0.15) is 17.6 Å². The van der Waals surface area contributed by atoms with Gasteiger partial charge in [-0.25, -0.2) is 4.98 Å². The van der Waals surface area contributed by atoms with Crippen LogP contribution in [0.2, 0.25) is 0 Å². The average Bonchev–Trinajstić information content (AvgIpc) is 2.46. The van der Waals surface area contributed by atoms with Gasteiger partial charge in [0.25, 0.3) is 0 Å². The third-order valence-electron chi connectivity index (χ3n) is 2.54. The molecule has 0 bridgehead atoms. The molecule has 0 spiro atoms. The second-order valence-corrected chi connectivity index (χ2v) is 3.85. The Hall–Kier alpha value is -2.38. The van der Waals surface area contributed by atoms with Gasteiger partial charge in [-0.3, -0.25) is 0 Å². The van der Waals surface area contributed by atoms with E-state index in [2.05, 4.69) is 10.3 Å². The maximum atomic E-state index is 8.94. The third-order valence-corrected chi connectivity index (χ3v) is 2.54. The monoisotopic (exact) mass is 239 g/mol. The van der Waals surface area contributed by atoms with Crippen LogP contribution in [0, 0.1) is 11.3 Å². The van der Waals surface area contributed by atoms with Gasteiger partial charge in [0.2, 0.25) is 0 Å². The predicted octanol–water partition coefficient (Wildman–Crippen LogP) is 2.06. The summed E-state index contributed by atoms with van der Waals surface area (Å²) in [5.41, 5.74) is 2.38. The van der Waals surface area contributed by atoms with Gasteiger partial charge in [-0.15, -0.1) is 0 Å². The second kappa shape index (κ2) is 5.80. The fourth-order valence-corrected chi connectivity index (χ4v) is 1.55. The highest BCUT2D eigenvalue weighted by Crippen LogP contribution is 2.08. The van der Waals surface area contributed by atoms with E-state index < -0.39 is 0 Å². The summed E-state index contributed by atoms with van der Waals surface area (Å²) in [6.45, 7) is 0.688. The molecule has 0 aliphatic carbocycles. The zero-order chi connectivity index (χ0) is 12.8. The number of pyridine rings is 1. The predicted molar refractivity (Wildman–Crippen MR) is 68.6 cm³/mol. The maximum absolute atomic E-state index is 8.94. The summed E-state index contributed by atoms with van der Waals surface area (Å²) in [7, 11) is 0. The van der Waals surface area contributed by atoms with E-state index in [4.69, 9.17) is 10.4 Å². The molecule has 4 heteroatoms. The van der Waals surface area contributed by atoms with E-state index >= 15 is 0 Å². The van der Waals surface area contributed by atoms with Crippen molar-refractivity contribution < 1.29 is 5.11 Å². The van der Waals surface area contributed by atoms with E-state index in [0.717, 1.165) is 11.1 Å². The van der Waals surface area contributed by atoms with Crippen molar-refractivity contribution in [3.8, 4) is 6.07 Å². The van der Waals surface area contributed by atoms with E-state index in [1.807, 2.05) is 36.4 Å². The first-order valence-electron chi connectivity index (χ1n) is 5.61. The van der Waals surface area contributed by atoms with Crippen LogP contribution >= 0.6 is 0 Å². The highest BCUT2D eigenvalue weighted by molar-refractivity contribution is 5.39. The van der Waals surface area contributed by atoms with Crippen molar-refractivity contribution in [3.63, 3.8) is 0 Å². The number of nitrogens with one attached hydrogen (secondary N) is 1. The summed E-state index contributed by atoms with van der Waals surface area (Å²) in [5.74, 6) is 0.681. The molecule has 1 aromatic carbocycles. The Morgan fingerprint density at radius 2 is 1.83 bits per heavy atom. The van der Waals surface area contributed by atoms with E-state index in [0.29, 0.717) is 18.1 Å². The number of hydrogen-bond acceptors (Lipinski definition) is 4. The minimum absolute atomic E-state index is 0.0550. The molecular weight excluding hydrogens is 226 g/mol. The number of nitrogens with zero attached hydrogens (tertiary/aromatic N) is 2. The summed E-state index contributed by atoms with van der Waals surface area (Å²) >= 11 is 0. The van der Waals surface area contributed by atoms with Gasteiger partial charge in [-0.1, -0.05) is 30.3 Å². The summed E-state index contributed by atoms with van der Waals surface area (Å²) < 4.78 is 0. The van der Waals surface area contributed by atoms with Crippen molar-refractivity contribution in [2.75, 3.05) is 5.32 Å². The quantitative estimate of drug-likeness (QED) is 0.856. The molecule has 0 saturated carbocycles. The Morgan fingerprint density at radius 1 is 1.11 bits per heavy atom. The van der Waals surface area contributed by atoms with Crippen molar-refractivity contribution in [1.82, 2.24) is 4.98 Å². The lowest BCUT2D eigenvalue weighted by Gasteiger charge is -2.06. The number of rotatable bonds is 4.